The summed E-state index contributed by atoms with van der Waals surface area (Å²) in [6.07, 6.45) is 4.33. The summed E-state index contributed by atoms with van der Waals surface area (Å²) >= 11 is -0.0612. The average Bonchev–Trinajstić information content (AvgIpc) is 2.61. The topological polar surface area (TPSA) is 32.3 Å². The van der Waals surface area contributed by atoms with Gasteiger partial charge in [-0.05, 0) is 31.5 Å². The minimum absolute atomic E-state index is 0.00101. The molecule has 1 amide bonds. The van der Waals surface area contributed by atoms with Crippen LogP contribution in [0.2, 0.25) is 0 Å². The number of thioether (sulfide) groups is 1. The second kappa shape index (κ2) is 7.99. The van der Waals surface area contributed by atoms with E-state index >= 15 is 0 Å². The number of nitrogens with one attached hydrogen (secondary N) is 1. The van der Waals surface area contributed by atoms with Gasteiger partial charge < -0.3 is 10.2 Å². The maximum Gasteiger partial charge on any atom is 0.441 e. The monoisotopic (exact) mass is 298 g/mol. The third-order valence-corrected chi connectivity index (χ3v) is 3.84. The number of amides is 1. The average molecular weight is 298 g/mol. The van der Waals surface area contributed by atoms with Gasteiger partial charge in [-0.1, -0.05) is 12.8 Å². The van der Waals surface area contributed by atoms with Gasteiger partial charge in [0.05, 0.1) is 6.04 Å². The summed E-state index contributed by atoms with van der Waals surface area (Å²) < 4.78 is 35.8. The Morgan fingerprint density at radius 2 is 1.84 bits per heavy atom. The molecule has 112 valence electrons. The predicted molar refractivity (Wildman–Crippen MR) is 71.0 cm³/mol. The Bertz CT molecular complexity index is 279. The Morgan fingerprint density at radius 1 is 1.26 bits per heavy atom. The van der Waals surface area contributed by atoms with Gasteiger partial charge in [-0.15, -0.1) is 0 Å². The van der Waals surface area contributed by atoms with Crippen LogP contribution in [-0.2, 0) is 4.79 Å². The minimum Gasteiger partial charge on any atom is -0.341 e. The normalized spacial score (nSPS) is 19.1. The molecule has 1 aliphatic rings. The third kappa shape index (κ3) is 7.06. The van der Waals surface area contributed by atoms with Crippen molar-refractivity contribution in [3.05, 3.63) is 0 Å². The van der Waals surface area contributed by atoms with Gasteiger partial charge in [-0.25, -0.2) is 0 Å². The van der Waals surface area contributed by atoms with E-state index < -0.39 is 11.6 Å². The van der Waals surface area contributed by atoms with E-state index in [0.29, 0.717) is 0 Å². The molecule has 1 saturated heterocycles. The highest BCUT2D eigenvalue weighted by atomic mass is 32.2. The molecule has 1 aliphatic heterocycles. The van der Waals surface area contributed by atoms with Crippen LogP contribution in [0, 0.1) is 0 Å². The first kappa shape index (κ1) is 16.6. The summed E-state index contributed by atoms with van der Waals surface area (Å²) in [6, 6.07) is -0.410. The van der Waals surface area contributed by atoms with Gasteiger partial charge in [0.2, 0.25) is 5.91 Å². The van der Waals surface area contributed by atoms with Crippen molar-refractivity contribution in [3.63, 3.8) is 0 Å². The molecule has 0 bridgehead atoms. The van der Waals surface area contributed by atoms with E-state index in [1.165, 1.54) is 0 Å². The predicted octanol–water partition coefficient (Wildman–Crippen LogP) is 2.62. The Balaban J connectivity index is 2.24. The Kier molecular flexibility index (Phi) is 6.99. The number of rotatable bonds is 5. The molecule has 0 aromatic carbocycles. The molecule has 1 rings (SSSR count). The van der Waals surface area contributed by atoms with Crippen LogP contribution < -0.4 is 5.32 Å². The van der Waals surface area contributed by atoms with Gasteiger partial charge in [-0.3, -0.25) is 4.79 Å². The molecule has 1 heterocycles. The number of hydrogen-bond donors (Lipinski definition) is 1. The summed E-state index contributed by atoms with van der Waals surface area (Å²) in [5.41, 5.74) is -4.19. The molecule has 1 atom stereocenters. The van der Waals surface area contributed by atoms with Crippen molar-refractivity contribution in [2.75, 3.05) is 25.4 Å². The maximum absolute atomic E-state index is 12.1. The van der Waals surface area contributed by atoms with E-state index in [1.54, 1.807) is 6.92 Å². The number of hydrogen-bond acceptors (Lipinski definition) is 3. The molecular formula is C12H21F3N2OS. The van der Waals surface area contributed by atoms with Crippen molar-refractivity contribution < 1.29 is 18.0 Å². The molecule has 19 heavy (non-hydrogen) atoms. The first-order valence-corrected chi connectivity index (χ1v) is 7.61. The molecule has 1 unspecified atom stereocenters. The van der Waals surface area contributed by atoms with Crippen LogP contribution in [-0.4, -0.2) is 47.7 Å². The van der Waals surface area contributed by atoms with E-state index in [0.717, 1.165) is 38.8 Å². The van der Waals surface area contributed by atoms with Crippen LogP contribution in [0.1, 0.15) is 32.6 Å². The van der Waals surface area contributed by atoms with E-state index in [2.05, 4.69) is 5.32 Å². The van der Waals surface area contributed by atoms with E-state index in [4.69, 9.17) is 0 Å². The molecule has 0 spiro atoms. The number of nitrogens with zero attached hydrogens (tertiary/aromatic N) is 1. The molecule has 0 saturated carbocycles. The first-order chi connectivity index (χ1) is 8.90. The van der Waals surface area contributed by atoms with E-state index in [1.807, 2.05) is 4.90 Å². The summed E-state index contributed by atoms with van der Waals surface area (Å²) in [7, 11) is 0. The first-order valence-electron chi connectivity index (χ1n) is 6.63. The smallest absolute Gasteiger partial charge is 0.341 e. The van der Waals surface area contributed by atoms with E-state index in [9.17, 15) is 18.0 Å². The van der Waals surface area contributed by atoms with Crippen molar-refractivity contribution in [2.45, 2.75) is 44.2 Å². The molecule has 3 nitrogen and oxygen atoms in total. The van der Waals surface area contributed by atoms with Crippen molar-refractivity contribution in [1.82, 2.24) is 10.2 Å². The SMILES string of the molecule is CC(NCCSC(F)(F)F)C(=O)N1CCCCCC1. The second-order valence-corrected chi connectivity index (χ2v) is 5.87. The summed E-state index contributed by atoms with van der Waals surface area (Å²) in [6.45, 7) is 3.43. The lowest BCUT2D eigenvalue weighted by molar-refractivity contribution is -0.132. The Morgan fingerprint density at radius 3 is 2.37 bits per heavy atom. The maximum atomic E-state index is 12.1. The minimum atomic E-state index is -4.19. The van der Waals surface area contributed by atoms with Gasteiger partial charge in [0.25, 0.3) is 0 Å². The second-order valence-electron chi connectivity index (χ2n) is 4.71. The van der Waals surface area contributed by atoms with Gasteiger partial charge >= 0.3 is 5.51 Å². The number of halogens is 3. The Hall–Kier alpha value is -0.430. The van der Waals surface area contributed by atoms with Crippen LogP contribution in [0.25, 0.3) is 0 Å². The largest absolute Gasteiger partial charge is 0.441 e. The lowest BCUT2D eigenvalue weighted by atomic mass is 10.2. The van der Waals surface area contributed by atoms with Crippen molar-refractivity contribution in [1.29, 1.82) is 0 Å². The third-order valence-electron chi connectivity index (χ3n) is 3.11. The molecule has 1 N–H and O–H groups in total. The van der Waals surface area contributed by atoms with Gasteiger partial charge in [0.15, 0.2) is 0 Å². The fourth-order valence-corrected chi connectivity index (χ4v) is 2.55. The van der Waals surface area contributed by atoms with Crippen LogP contribution in [0.5, 0.6) is 0 Å². The highest BCUT2D eigenvalue weighted by Crippen LogP contribution is 2.29. The molecule has 7 heteroatoms. The number of carbonyl (C=O) groups excluding carboxylic acids is 1. The quantitative estimate of drug-likeness (QED) is 0.792. The molecule has 0 aromatic rings. The molecule has 0 aromatic heterocycles. The molecular weight excluding hydrogens is 277 g/mol. The zero-order valence-electron chi connectivity index (χ0n) is 11.1. The van der Waals surface area contributed by atoms with Crippen LogP contribution in [0.15, 0.2) is 0 Å². The van der Waals surface area contributed by atoms with Crippen LogP contribution >= 0.6 is 11.8 Å². The van der Waals surface area contributed by atoms with Crippen LogP contribution in [0.3, 0.4) is 0 Å². The summed E-state index contributed by atoms with van der Waals surface area (Å²) in [5, 5.41) is 2.86. The standard InChI is InChI=1S/C12H21F3N2OS/c1-10(16-6-9-19-12(13,14)15)11(18)17-7-4-2-3-5-8-17/h10,16H,2-9H2,1H3. The van der Waals surface area contributed by atoms with Gasteiger partial charge in [-0.2, -0.15) is 13.2 Å². The van der Waals surface area contributed by atoms with E-state index in [-0.39, 0.29) is 30.0 Å². The fraction of sp³-hybridized carbons (Fsp3) is 0.917. The highest BCUT2D eigenvalue weighted by Gasteiger charge is 2.27. The molecule has 1 fully saturated rings. The zero-order chi connectivity index (χ0) is 14.3. The molecule has 0 radical (unpaired) electrons. The highest BCUT2D eigenvalue weighted by molar-refractivity contribution is 8.00. The summed E-state index contributed by atoms with van der Waals surface area (Å²) in [5.74, 6) is -0.0693. The zero-order valence-corrected chi connectivity index (χ0v) is 11.9. The van der Waals surface area contributed by atoms with Crippen molar-refractivity contribution >= 4 is 17.7 Å². The lowest BCUT2D eigenvalue weighted by Crippen LogP contribution is -2.45. The van der Waals surface area contributed by atoms with Gasteiger partial charge in [0, 0.05) is 25.4 Å². The van der Waals surface area contributed by atoms with Crippen molar-refractivity contribution in [2.24, 2.45) is 0 Å². The number of alkyl halides is 3. The Labute approximate surface area is 116 Å². The van der Waals surface area contributed by atoms with Crippen molar-refractivity contribution in [3.8, 4) is 0 Å². The fourth-order valence-electron chi connectivity index (χ4n) is 2.09. The van der Waals surface area contributed by atoms with Gasteiger partial charge in [0.1, 0.15) is 0 Å². The number of likely N-dealkylation sites (tertiary alicyclic amines) is 1. The molecule has 0 aliphatic carbocycles. The lowest BCUT2D eigenvalue weighted by Gasteiger charge is -2.24. The summed E-state index contributed by atoms with van der Waals surface area (Å²) in [4.78, 5) is 13.9. The number of carbonyl (C=O) groups is 1. The van der Waals surface area contributed by atoms with Crippen LogP contribution in [0.4, 0.5) is 13.2 Å².